The van der Waals surface area contributed by atoms with Crippen LogP contribution in [0.4, 0.5) is 20.2 Å². The van der Waals surface area contributed by atoms with Gasteiger partial charge in [-0.15, -0.1) is 0 Å². The lowest BCUT2D eigenvalue weighted by atomic mass is 10.1. The molecule has 23 heavy (non-hydrogen) atoms. The molecule has 0 saturated carbocycles. The van der Waals surface area contributed by atoms with Gasteiger partial charge in [-0.05, 0) is 92.9 Å². The van der Waals surface area contributed by atoms with E-state index in [1.165, 1.54) is 11.5 Å². The third-order valence-corrected chi connectivity index (χ3v) is 5.34. The number of aromatic nitrogens is 1. The number of hydrogen-bond donors (Lipinski definition) is 1. The van der Waals surface area contributed by atoms with E-state index < -0.39 is 11.6 Å². The molecule has 1 N–H and O–H groups in total. The Labute approximate surface area is 158 Å². The predicted molar refractivity (Wildman–Crippen MR) is 102 cm³/mol. The first-order valence-corrected chi connectivity index (χ1v) is 9.23. The summed E-state index contributed by atoms with van der Waals surface area (Å²) in [6.45, 7) is 1.92. The van der Waals surface area contributed by atoms with Gasteiger partial charge in [-0.2, -0.15) is 0 Å². The van der Waals surface area contributed by atoms with E-state index in [0.717, 1.165) is 19.7 Å². The van der Waals surface area contributed by atoms with Gasteiger partial charge in [0.1, 0.15) is 0 Å². The number of hydrogen-bond acceptors (Lipinski definition) is 3. The summed E-state index contributed by atoms with van der Waals surface area (Å²) in [5, 5.41) is 3.03. The quantitative estimate of drug-likeness (QED) is 0.323. The van der Waals surface area contributed by atoms with E-state index in [9.17, 15) is 8.78 Å². The Morgan fingerprint density at radius 2 is 1.96 bits per heavy atom. The fourth-order valence-corrected chi connectivity index (χ4v) is 3.83. The average molecular weight is 507 g/mol. The summed E-state index contributed by atoms with van der Waals surface area (Å²) in [7, 11) is 0. The smallest absolute Gasteiger partial charge is 0.184 e. The first-order chi connectivity index (χ1) is 11.0. The second kappa shape index (κ2) is 6.82. The van der Waals surface area contributed by atoms with Crippen LogP contribution in [0.2, 0.25) is 0 Å². The molecule has 0 bridgehead atoms. The average Bonchev–Trinajstić information content (AvgIpc) is 3.04. The molecule has 2 aromatic carbocycles. The van der Waals surface area contributed by atoms with Gasteiger partial charge in [-0.25, -0.2) is 13.2 Å². The Kier molecular flexibility index (Phi) is 4.98. The van der Waals surface area contributed by atoms with Crippen molar-refractivity contribution in [3.05, 3.63) is 61.8 Å². The van der Waals surface area contributed by atoms with E-state index in [1.807, 2.05) is 25.1 Å². The first kappa shape index (κ1) is 16.8. The molecule has 0 aliphatic carbocycles. The Morgan fingerprint density at radius 1 is 1.17 bits per heavy atom. The second-order valence-electron chi connectivity index (χ2n) is 4.87. The molecule has 3 aromatic rings. The molecule has 0 spiro atoms. The minimum Gasteiger partial charge on any atom is -0.352 e. The van der Waals surface area contributed by atoms with Crippen molar-refractivity contribution < 1.29 is 8.78 Å². The summed E-state index contributed by atoms with van der Waals surface area (Å²) in [4.78, 5) is 0.760. The maximum absolute atomic E-state index is 14.5. The van der Waals surface area contributed by atoms with Crippen LogP contribution in [0.1, 0.15) is 5.56 Å². The number of halogens is 4. The van der Waals surface area contributed by atoms with Crippen LogP contribution in [0.3, 0.4) is 0 Å². The molecule has 0 radical (unpaired) electrons. The van der Waals surface area contributed by atoms with Crippen LogP contribution in [-0.4, -0.2) is 4.37 Å². The van der Waals surface area contributed by atoms with Crippen molar-refractivity contribution in [2.45, 2.75) is 6.92 Å². The molecule has 0 fully saturated rings. The van der Waals surface area contributed by atoms with Crippen molar-refractivity contribution in [1.29, 1.82) is 0 Å². The molecule has 7 heteroatoms. The summed E-state index contributed by atoms with van der Waals surface area (Å²) < 4.78 is 33.7. The van der Waals surface area contributed by atoms with Gasteiger partial charge >= 0.3 is 0 Å². The molecular formula is C16H10BrF2IN2S. The molecule has 1 aromatic heterocycles. The largest absolute Gasteiger partial charge is 0.352 e. The Hall–Kier alpha value is -1.06. The number of anilines is 2. The molecular weight excluding hydrogens is 497 g/mol. The topological polar surface area (TPSA) is 24.9 Å². The number of aryl methyl sites for hydroxylation is 1. The van der Waals surface area contributed by atoms with Crippen LogP contribution in [0, 0.1) is 22.1 Å². The SMILES string of the molecule is Cc1cc(I)ccc1Nc1c(-c2ccns2)cc(Br)c(F)c1F. The molecule has 118 valence electrons. The van der Waals surface area contributed by atoms with Crippen molar-refractivity contribution >= 4 is 61.4 Å². The summed E-state index contributed by atoms with van der Waals surface area (Å²) in [6.07, 6.45) is 1.63. The molecule has 0 aliphatic rings. The van der Waals surface area contributed by atoms with Crippen molar-refractivity contribution in [1.82, 2.24) is 4.37 Å². The highest BCUT2D eigenvalue weighted by Crippen LogP contribution is 2.39. The Bertz CT molecular complexity index is 869. The third kappa shape index (κ3) is 3.41. The highest BCUT2D eigenvalue weighted by atomic mass is 127. The maximum Gasteiger partial charge on any atom is 0.184 e. The predicted octanol–water partition coefficient (Wildman–Crippen LogP) is 6.51. The Balaban J connectivity index is 2.15. The summed E-state index contributed by atoms with van der Waals surface area (Å²) in [5.41, 5.74) is 2.36. The zero-order valence-electron chi connectivity index (χ0n) is 11.8. The highest BCUT2D eigenvalue weighted by molar-refractivity contribution is 14.1. The van der Waals surface area contributed by atoms with Gasteiger partial charge in [0.25, 0.3) is 0 Å². The van der Waals surface area contributed by atoms with Crippen LogP contribution in [0.15, 0.2) is 41.0 Å². The zero-order chi connectivity index (χ0) is 16.6. The number of benzene rings is 2. The van der Waals surface area contributed by atoms with Gasteiger partial charge in [0.2, 0.25) is 0 Å². The van der Waals surface area contributed by atoms with Crippen LogP contribution in [0.25, 0.3) is 10.4 Å². The third-order valence-electron chi connectivity index (χ3n) is 3.31. The van der Waals surface area contributed by atoms with E-state index in [2.05, 4.69) is 48.2 Å². The van der Waals surface area contributed by atoms with Gasteiger partial charge in [0.05, 0.1) is 15.0 Å². The molecule has 0 amide bonds. The van der Waals surface area contributed by atoms with Gasteiger partial charge in [0.15, 0.2) is 11.6 Å². The highest BCUT2D eigenvalue weighted by Gasteiger charge is 2.20. The van der Waals surface area contributed by atoms with E-state index in [0.29, 0.717) is 5.56 Å². The minimum atomic E-state index is -0.916. The molecule has 3 rings (SSSR count). The van der Waals surface area contributed by atoms with E-state index in [1.54, 1.807) is 18.3 Å². The van der Waals surface area contributed by atoms with Crippen molar-refractivity contribution in [3.63, 3.8) is 0 Å². The monoisotopic (exact) mass is 506 g/mol. The first-order valence-electron chi connectivity index (χ1n) is 6.59. The molecule has 0 unspecified atom stereocenters. The summed E-state index contributed by atoms with van der Waals surface area (Å²) >= 11 is 6.51. The lowest BCUT2D eigenvalue weighted by Crippen LogP contribution is -2.01. The second-order valence-corrected chi connectivity index (χ2v) is 7.80. The molecule has 0 atom stereocenters. The maximum atomic E-state index is 14.5. The normalized spacial score (nSPS) is 10.8. The van der Waals surface area contributed by atoms with Crippen molar-refractivity contribution in [3.8, 4) is 10.4 Å². The minimum absolute atomic E-state index is 0.0864. The van der Waals surface area contributed by atoms with Crippen molar-refractivity contribution in [2.24, 2.45) is 0 Å². The number of rotatable bonds is 3. The number of nitrogens with one attached hydrogen (secondary N) is 1. The lowest BCUT2D eigenvalue weighted by molar-refractivity contribution is 0.507. The van der Waals surface area contributed by atoms with Gasteiger partial charge < -0.3 is 5.32 Å². The van der Waals surface area contributed by atoms with E-state index in [4.69, 9.17) is 0 Å². The van der Waals surface area contributed by atoms with E-state index >= 15 is 0 Å². The fourth-order valence-electron chi connectivity index (χ4n) is 2.17. The molecule has 1 heterocycles. The number of nitrogens with zero attached hydrogens (tertiary/aromatic N) is 1. The fraction of sp³-hybridized carbons (Fsp3) is 0.0625. The summed E-state index contributed by atoms with van der Waals surface area (Å²) in [6, 6.07) is 9.08. The van der Waals surface area contributed by atoms with Crippen LogP contribution in [0.5, 0.6) is 0 Å². The van der Waals surface area contributed by atoms with Gasteiger partial charge in [-0.1, -0.05) is 0 Å². The standard InChI is InChI=1S/C16H10BrF2IN2S/c1-8-6-9(20)2-3-12(8)22-16-10(13-4-5-21-23-13)7-11(17)14(18)15(16)19/h2-7,22H,1H3. The lowest BCUT2D eigenvalue weighted by Gasteiger charge is -2.15. The molecule has 0 saturated heterocycles. The Morgan fingerprint density at radius 3 is 2.61 bits per heavy atom. The van der Waals surface area contributed by atoms with Crippen LogP contribution < -0.4 is 5.32 Å². The van der Waals surface area contributed by atoms with Crippen LogP contribution in [-0.2, 0) is 0 Å². The molecule has 2 nitrogen and oxygen atoms in total. The summed E-state index contributed by atoms with van der Waals surface area (Å²) in [5.74, 6) is -1.83. The van der Waals surface area contributed by atoms with Gasteiger partial charge in [-0.3, -0.25) is 0 Å². The van der Waals surface area contributed by atoms with E-state index in [-0.39, 0.29) is 10.2 Å². The van der Waals surface area contributed by atoms with Crippen molar-refractivity contribution in [2.75, 3.05) is 5.32 Å². The van der Waals surface area contributed by atoms with Gasteiger partial charge in [0, 0.05) is 21.0 Å². The van der Waals surface area contributed by atoms with Crippen LogP contribution >= 0.6 is 50.1 Å². The molecule has 0 aliphatic heterocycles. The zero-order valence-corrected chi connectivity index (χ0v) is 16.4.